The van der Waals surface area contributed by atoms with Gasteiger partial charge < -0.3 is 14.7 Å². The number of anilines is 1. The highest BCUT2D eigenvalue weighted by Gasteiger charge is 2.31. The third kappa shape index (κ3) is 8.25. The van der Waals surface area contributed by atoms with E-state index in [0.717, 1.165) is 12.1 Å². The monoisotopic (exact) mass is 631 g/mol. The molecule has 4 aromatic rings. The average Bonchev–Trinajstić information content (AvgIpc) is 2.90. The number of alkyl halides is 6. The molecule has 0 aromatic heterocycles. The van der Waals surface area contributed by atoms with Gasteiger partial charge in [-0.15, -0.1) is 0 Å². The Hall–Kier alpha value is -3.05. The number of hydrogen-bond acceptors (Lipinski definition) is 4. The molecule has 0 bridgehead atoms. The first-order valence-electron chi connectivity index (χ1n) is 12.0. The standard InChI is InChI=1S/C29H21Cl2F6NO2S/c30-24-8-3-9-26(27(24)31)40-22-6-2-5-21(15-22)38(16-18-4-1-7-23(14-18)41-29(35,36)37)25(17-39)19-10-12-20(13-11-19)28(32,33)34/h1-15,25,39H,16-17H2. The number of aliphatic hydroxyl groups excluding tert-OH is 1. The van der Waals surface area contributed by atoms with Crippen molar-refractivity contribution in [1.82, 2.24) is 0 Å². The Morgan fingerprint density at radius 3 is 2.17 bits per heavy atom. The quantitative estimate of drug-likeness (QED) is 0.147. The molecule has 0 heterocycles. The van der Waals surface area contributed by atoms with E-state index in [9.17, 15) is 31.4 Å². The third-order valence-electron chi connectivity index (χ3n) is 5.95. The topological polar surface area (TPSA) is 32.7 Å². The van der Waals surface area contributed by atoms with Crippen LogP contribution in [-0.2, 0) is 12.7 Å². The molecule has 1 atom stereocenters. The second kappa shape index (κ2) is 12.9. The number of hydrogen-bond donors (Lipinski definition) is 1. The van der Waals surface area contributed by atoms with Crippen molar-refractivity contribution in [2.45, 2.75) is 29.2 Å². The summed E-state index contributed by atoms with van der Waals surface area (Å²) in [5, 5.41) is 10.9. The molecule has 3 nitrogen and oxygen atoms in total. The van der Waals surface area contributed by atoms with E-state index in [1.165, 1.54) is 30.3 Å². The minimum atomic E-state index is -4.54. The van der Waals surface area contributed by atoms with E-state index in [1.807, 2.05) is 0 Å². The van der Waals surface area contributed by atoms with E-state index < -0.39 is 29.9 Å². The molecule has 0 aliphatic rings. The summed E-state index contributed by atoms with van der Waals surface area (Å²) in [5.74, 6) is 0.614. The van der Waals surface area contributed by atoms with Crippen LogP contribution in [-0.4, -0.2) is 17.2 Å². The van der Waals surface area contributed by atoms with Crippen LogP contribution in [0.25, 0.3) is 0 Å². The maximum Gasteiger partial charge on any atom is 0.446 e. The maximum atomic E-state index is 13.2. The van der Waals surface area contributed by atoms with Crippen LogP contribution in [0.4, 0.5) is 32.0 Å². The highest BCUT2D eigenvalue weighted by atomic mass is 35.5. The van der Waals surface area contributed by atoms with Crippen LogP contribution in [0.2, 0.25) is 10.0 Å². The first-order valence-corrected chi connectivity index (χ1v) is 13.5. The molecule has 12 heteroatoms. The molecule has 0 aliphatic heterocycles. The fourth-order valence-corrected chi connectivity index (χ4v) is 5.07. The SMILES string of the molecule is OCC(c1ccc(C(F)(F)F)cc1)N(Cc1cccc(SC(F)(F)F)c1)c1cccc(Oc2cccc(Cl)c2Cl)c1. The second-order valence-electron chi connectivity index (χ2n) is 8.79. The summed E-state index contributed by atoms with van der Waals surface area (Å²) in [6, 6.07) is 20.8. The highest BCUT2D eigenvalue weighted by Crippen LogP contribution is 2.39. The predicted octanol–water partition coefficient (Wildman–Crippen LogP) is 10.2. The molecule has 216 valence electrons. The average molecular weight is 632 g/mol. The van der Waals surface area contributed by atoms with Crippen LogP contribution in [0.15, 0.2) is 95.9 Å². The molecule has 0 fully saturated rings. The Morgan fingerprint density at radius 1 is 0.829 bits per heavy atom. The van der Waals surface area contributed by atoms with Gasteiger partial charge in [0, 0.05) is 23.2 Å². The van der Waals surface area contributed by atoms with E-state index >= 15 is 0 Å². The van der Waals surface area contributed by atoms with Crippen LogP contribution >= 0.6 is 35.0 Å². The molecule has 4 rings (SSSR count). The van der Waals surface area contributed by atoms with Crippen molar-refractivity contribution in [3.05, 3.63) is 118 Å². The van der Waals surface area contributed by atoms with Gasteiger partial charge in [0.2, 0.25) is 0 Å². The third-order valence-corrected chi connectivity index (χ3v) is 7.47. The van der Waals surface area contributed by atoms with Crippen molar-refractivity contribution in [3.8, 4) is 11.5 Å². The summed E-state index contributed by atoms with van der Waals surface area (Å²) in [5.41, 5.74) is -4.01. The van der Waals surface area contributed by atoms with Crippen LogP contribution in [0.5, 0.6) is 11.5 Å². The summed E-state index contributed by atoms with van der Waals surface area (Å²) in [4.78, 5) is 1.64. The Morgan fingerprint density at radius 2 is 1.51 bits per heavy atom. The number of benzene rings is 4. The van der Waals surface area contributed by atoms with E-state index in [4.69, 9.17) is 27.9 Å². The summed E-state index contributed by atoms with van der Waals surface area (Å²) >= 11 is 12.1. The summed E-state index contributed by atoms with van der Waals surface area (Å²) in [6.45, 7) is -0.493. The van der Waals surface area contributed by atoms with Crippen molar-refractivity contribution in [3.63, 3.8) is 0 Å². The lowest BCUT2D eigenvalue weighted by Gasteiger charge is -2.33. The van der Waals surface area contributed by atoms with E-state index in [0.29, 0.717) is 22.6 Å². The number of nitrogens with zero attached hydrogens (tertiary/aromatic N) is 1. The van der Waals surface area contributed by atoms with E-state index in [2.05, 4.69) is 0 Å². The predicted molar refractivity (Wildman–Crippen MR) is 149 cm³/mol. The largest absolute Gasteiger partial charge is 0.456 e. The van der Waals surface area contributed by atoms with Crippen molar-refractivity contribution < 1.29 is 36.2 Å². The van der Waals surface area contributed by atoms with Gasteiger partial charge in [-0.3, -0.25) is 0 Å². The van der Waals surface area contributed by atoms with Crippen molar-refractivity contribution >= 4 is 40.7 Å². The molecule has 0 saturated carbocycles. The highest BCUT2D eigenvalue weighted by molar-refractivity contribution is 8.00. The fourth-order valence-electron chi connectivity index (χ4n) is 4.11. The van der Waals surface area contributed by atoms with Crippen molar-refractivity contribution in [1.29, 1.82) is 0 Å². The van der Waals surface area contributed by atoms with Gasteiger partial charge >= 0.3 is 11.7 Å². The molecule has 0 radical (unpaired) electrons. The Balaban J connectivity index is 1.73. The lowest BCUT2D eigenvalue weighted by molar-refractivity contribution is -0.137. The first kappa shape index (κ1) is 30.9. The first-order chi connectivity index (χ1) is 19.3. The van der Waals surface area contributed by atoms with Crippen LogP contribution in [0, 0.1) is 0 Å². The maximum absolute atomic E-state index is 13.2. The number of ether oxygens (including phenoxy) is 1. The minimum Gasteiger partial charge on any atom is -0.456 e. The summed E-state index contributed by atoms with van der Waals surface area (Å²) in [6.07, 6.45) is -4.54. The van der Waals surface area contributed by atoms with Gasteiger partial charge in [-0.25, -0.2) is 0 Å². The molecular weight excluding hydrogens is 611 g/mol. The summed E-state index contributed by atoms with van der Waals surface area (Å²) in [7, 11) is 0. The Kier molecular flexibility index (Phi) is 9.69. The zero-order valence-corrected chi connectivity index (χ0v) is 23.2. The Labute approximate surface area is 246 Å². The van der Waals surface area contributed by atoms with Crippen molar-refractivity contribution in [2.24, 2.45) is 0 Å². The Bertz CT molecular complexity index is 1480. The van der Waals surface area contributed by atoms with Gasteiger partial charge in [-0.2, -0.15) is 26.3 Å². The molecular formula is C29H21Cl2F6NO2S. The molecule has 1 N–H and O–H groups in total. The molecule has 41 heavy (non-hydrogen) atoms. The van der Waals surface area contributed by atoms with E-state index in [-0.39, 0.29) is 39.0 Å². The number of aliphatic hydroxyl groups is 1. The lowest BCUT2D eigenvalue weighted by Crippen LogP contribution is -2.31. The van der Waals surface area contributed by atoms with Gasteiger partial charge in [-0.1, -0.05) is 59.6 Å². The zero-order chi connectivity index (χ0) is 29.8. The molecule has 0 saturated heterocycles. The number of rotatable bonds is 9. The number of thioether (sulfide) groups is 1. The molecule has 4 aromatic carbocycles. The number of halogens is 8. The van der Waals surface area contributed by atoms with Gasteiger partial charge in [0.25, 0.3) is 0 Å². The van der Waals surface area contributed by atoms with Crippen molar-refractivity contribution in [2.75, 3.05) is 11.5 Å². The minimum absolute atomic E-state index is 0.0138. The lowest BCUT2D eigenvalue weighted by atomic mass is 10.0. The van der Waals surface area contributed by atoms with Gasteiger partial charge in [0.15, 0.2) is 0 Å². The molecule has 0 amide bonds. The van der Waals surface area contributed by atoms with Crippen LogP contribution in [0.3, 0.4) is 0 Å². The van der Waals surface area contributed by atoms with Crippen LogP contribution in [0.1, 0.15) is 22.7 Å². The zero-order valence-electron chi connectivity index (χ0n) is 20.9. The van der Waals surface area contributed by atoms with Gasteiger partial charge in [0.05, 0.1) is 23.2 Å². The van der Waals surface area contributed by atoms with Gasteiger partial charge in [0.1, 0.15) is 16.5 Å². The second-order valence-corrected chi connectivity index (χ2v) is 10.7. The molecule has 0 spiro atoms. The fraction of sp³-hybridized carbons (Fsp3) is 0.172. The molecule has 0 aliphatic carbocycles. The smallest absolute Gasteiger partial charge is 0.446 e. The van der Waals surface area contributed by atoms with Gasteiger partial charge in [-0.05, 0) is 71.4 Å². The molecule has 1 unspecified atom stereocenters. The van der Waals surface area contributed by atoms with E-state index in [1.54, 1.807) is 53.4 Å². The summed E-state index contributed by atoms with van der Waals surface area (Å²) < 4.78 is 84.5. The normalized spacial score (nSPS) is 12.7. The van der Waals surface area contributed by atoms with Crippen LogP contribution < -0.4 is 9.64 Å².